The van der Waals surface area contributed by atoms with Gasteiger partial charge >= 0.3 is 5.97 Å². The first-order valence-corrected chi connectivity index (χ1v) is 7.71. The van der Waals surface area contributed by atoms with Gasteiger partial charge in [0, 0.05) is 6.04 Å². The summed E-state index contributed by atoms with van der Waals surface area (Å²) in [5.74, 6) is 1.36. The number of nitrogens with zero attached hydrogens (tertiary/aromatic N) is 1. The highest BCUT2D eigenvalue weighted by Gasteiger charge is 2.37. The Morgan fingerprint density at radius 3 is 2.28 bits per heavy atom. The average Bonchev–Trinajstić information content (AvgIpc) is 3.23. The van der Waals surface area contributed by atoms with Crippen LogP contribution in [0.2, 0.25) is 0 Å². The van der Waals surface area contributed by atoms with Gasteiger partial charge in [0.1, 0.15) is 0 Å². The van der Waals surface area contributed by atoms with E-state index in [1.165, 1.54) is 38.5 Å². The molecule has 0 aromatic rings. The smallest absolute Gasteiger partial charge is 0.306 e. The molecule has 2 saturated carbocycles. The topological polar surface area (TPSA) is 40.5 Å². The van der Waals surface area contributed by atoms with E-state index in [9.17, 15) is 4.79 Å². The van der Waals surface area contributed by atoms with E-state index in [1.54, 1.807) is 0 Å². The molecular formula is C15H25NO2. The normalized spacial score (nSPS) is 35.6. The van der Waals surface area contributed by atoms with E-state index >= 15 is 0 Å². The lowest BCUT2D eigenvalue weighted by Crippen LogP contribution is -2.45. The molecule has 102 valence electrons. The molecule has 0 radical (unpaired) electrons. The molecular weight excluding hydrogens is 226 g/mol. The maximum absolute atomic E-state index is 11.0. The zero-order valence-electron chi connectivity index (χ0n) is 11.2. The van der Waals surface area contributed by atoms with Crippen molar-refractivity contribution < 1.29 is 9.90 Å². The number of carboxylic acids is 1. The molecule has 3 fully saturated rings. The van der Waals surface area contributed by atoms with Crippen LogP contribution in [0.3, 0.4) is 0 Å². The minimum atomic E-state index is -0.589. The summed E-state index contributed by atoms with van der Waals surface area (Å²) in [6, 6.07) is 0.763. The first-order chi connectivity index (χ1) is 8.74. The van der Waals surface area contributed by atoms with Crippen LogP contribution in [0.5, 0.6) is 0 Å². The zero-order valence-corrected chi connectivity index (χ0v) is 11.2. The molecule has 2 aliphatic carbocycles. The van der Waals surface area contributed by atoms with Gasteiger partial charge in [-0.25, -0.2) is 0 Å². The summed E-state index contributed by atoms with van der Waals surface area (Å²) in [4.78, 5) is 13.6. The summed E-state index contributed by atoms with van der Waals surface area (Å²) in [6.45, 7) is 2.03. The second-order valence-corrected chi connectivity index (χ2v) is 6.57. The van der Waals surface area contributed by atoms with Gasteiger partial charge in [-0.2, -0.15) is 0 Å². The molecule has 0 aromatic carbocycles. The van der Waals surface area contributed by atoms with Crippen molar-refractivity contribution in [2.75, 3.05) is 13.1 Å². The molecule has 0 bridgehead atoms. The van der Waals surface area contributed by atoms with Crippen molar-refractivity contribution >= 4 is 5.97 Å². The van der Waals surface area contributed by atoms with Gasteiger partial charge in [-0.3, -0.25) is 4.79 Å². The highest BCUT2D eigenvalue weighted by atomic mass is 16.4. The minimum absolute atomic E-state index is 0.0796. The van der Waals surface area contributed by atoms with Gasteiger partial charge in [0.05, 0.1) is 5.92 Å². The number of likely N-dealkylation sites (tertiary alicyclic amines) is 1. The third-order valence-electron chi connectivity index (χ3n) is 5.37. The molecule has 1 heterocycles. The lowest BCUT2D eigenvalue weighted by atomic mass is 9.81. The van der Waals surface area contributed by atoms with E-state index in [1.807, 2.05) is 0 Å². The molecule has 0 aromatic heterocycles. The van der Waals surface area contributed by atoms with E-state index in [2.05, 4.69) is 4.90 Å². The van der Waals surface area contributed by atoms with Crippen LogP contribution in [0, 0.1) is 17.8 Å². The van der Waals surface area contributed by atoms with Crippen LogP contribution in [0.15, 0.2) is 0 Å². The monoisotopic (exact) mass is 251 g/mol. The molecule has 0 spiro atoms. The highest BCUT2D eigenvalue weighted by Crippen LogP contribution is 2.45. The van der Waals surface area contributed by atoms with Crippen LogP contribution in [0.4, 0.5) is 0 Å². The number of aliphatic carboxylic acids is 1. The second kappa shape index (κ2) is 5.20. The van der Waals surface area contributed by atoms with Crippen LogP contribution in [0.1, 0.15) is 51.4 Å². The molecule has 1 N–H and O–H groups in total. The Kier molecular flexibility index (Phi) is 3.60. The number of carboxylic acid groups (broad SMARTS) is 1. The fourth-order valence-electron chi connectivity index (χ4n) is 4.04. The van der Waals surface area contributed by atoms with Crippen molar-refractivity contribution in [2.45, 2.75) is 57.4 Å². The standard InChI is InChI=1S/C15H25NO2/c17-15(18)12-6-8-16(9-7-12)14-3-1-2-13(10-14)11-4-5-11/h11-14H,1-10H2,(H,17,18). The van der Waals surface area contributed by atoms with Gasteiger partial charge in [0.25, 0.3) is 0 Å². The fraction of sp³-hybridized carbons (Fsp3) is 0.933. The quantitative estimate of drug-likeness (QED) is 0.838. The third kappa shape index (κ3) is 2.71. The van der Waals surface area contributed by atoms with Crippen LogP contribution in [-0.2, 0) is 4.79 Å². The van der Waals surface area contributed by atoms with E-state index in [0.717, 1.165) is 43.8 Å². The maximum atomic E-state index is 11.0. The Morgan fingerprint density at radius 2 is 1.67 bits per heavy atom. The highest BCUT2D eigenvalue weighted by molar-refractivity contribution is 5.70. The van der Waals surface area contributed by atoms with Crippen molar-refractivity contribution in [3.8, 4) is 0 Å². The third-order valence-corrected chi connectivity index (χ3v) is 5.37. The van der Waals surface area contributed by atoms with Gasteiger partial charge < -0.3 is 10.0 Å². The molecule has 2 atom stereocenters. The minimum Gasteiger partial charge on any atom is -0.481 e. The van der Waals surface area contributed by atoms with Gasteiger partial charge in [0.2, 0.25) is 0 Å². The summed E-state index contributed by atoms with van der Waals surface area (Å²) >= 11 is 0. The number of hydrogen-bond donors (Lipinski definition) is 1. The van der Waals surface area contributed by atoms with E-state index in [-0.39, 0.29) is 5.92 Å². The molecule has 1 aliphatic heterocycles. The molecule has 3 heteroatoms. The maximum Gasteiger partial charge on any atom is 0.306 e. The number of rotatable bonds is 3. The van der Waals surface area contributed by atoms with E-state index in [4.69, 9.17) is 5.11 Å². The summed E-state index contributed by atoms with van der Waals surface area (Å²) in [5, 5.41) is 9.04. The van der Waals surface area contributed by atoms with E-state index < -0.39 is 5.97 Å². The summed E-state index contributed by atoms with van der Waals surface area (Å²) in [7, 11) is 0. The largest absolute Gasteiger partial charge is 0.481 e. The SMILES string of the molecule is O=C(O)C1CCN(C2CCCC(C3CC3)C2)CC1. The second-order valence-electron chi connectivity index (χ2n) is 6.57. The molecule has 3 rings (SSSR count). The van der Waals surface area contributed by atoms with Gasteiger partial charge in [-0.1, -0.05) is 12.8 Å². The van der Waals surface area contributed by atoms with Gasteiger partial charge in [0.15, 0.2) is 0 Å². The Morgan fingerprint density at radius 1 is 0.944 bits per heavy atom. The Balaban J connectivity index is 1.50. The van der Waals surface area contributed by atoms with Crippen LogP contribution in [-0.4, -0.2) is 35.1 Å². The first-order valence-electron chi connectivity index (χ1n) is 7.71. The Bertz CT molecular complexity index is 306. The molecule has 18 heavy (non-hydrogen) atoms. The van der Waals surface area contributed by atoms with E-state index in [0.29, 0.717) is 0 Å². The van der Waals surface area contributed by atoms with Crippen molar-refractivity contribution in [3.05, 3.63) is 0 Å². The van der Waals surface area contributed by atoms with Crippen LogP contribution < -0.4 is 0 Å². The first kappa shape index (κ1) is 12.5. The fourth-order valence-corrected chi connectivity index (χ4v) is 4.04. The summed E-state index contributed by atoms with van der Waals surface area (Å²) in [6.07, 6.45) is 10.2. The number of carbonyl (C=O) groups is 1. The van der Waals surface area contributed by atoms with Crippen molar-refractivity contribution in [1.29, 1.82) is 0 Å². The van der Waals surface area contributed by atoms with Crippen LogP contribution >= 0.6 is 0 Å². The molecule has 3 aliphatic rings. The molecule has 2 unspecified atom stereocenters. The number of hydrogen-bond acceptors (Lipinski definition) is 2. The lowest BCUT2D eigenvalue weighted by Gasteiger charge is -2.40. The molecule has 3 nitrogen and oxygen atoms in total. The van der Waals surface area contributed by atoms with Gasteiger partial charge in [-0.15, -0.1) is 0 Å². The Labute approximate surface area is 110 Å². The van der Waals surface area contributed by atoms with Gasteiger partial charge in [-0.05, 0) is 63.5 Å². The lowest BCUT2D eigenvalue weighted by molar-refractivity contribution is -0.143. The Hall–Kier alpha value is -0.570. The molecule has 1 saturated heterocycles. The van der Waals surface area contributed by atoms with Crippen molar-refractivity contribution in [1.82, 2.24) is 4.90 Å². The number of piperidine rings is 1. The zero-order chi connectivity index (χ0) is 12.5. The van der Waals surface area contributed by atoms with Crippen molar-refractivity contribution in [2.24, 2.45) is 17.8 Å². The van der Waals surface area contributed by atoms with Crippen LogP contribution in [0.25, 0.3) is 0 Å². The predicted molar refractivity (Wildman–Crippen MR) is 70.4 cm³/mol. The average molecular weight is 251 g/mol. The predicted octanol–water partition coefficient (Wildman–Crippen LogP) is 2.75. The molecule has 0 amide bonds. The summed E-state index contributed by atoms with van der Waals surface area (Å²) in [5.41, 5.74) is 0. The summed E-state index contributed by atoms with van der Waals surface area (Å²) < 4.78 is 0. The van der Waals surface area contributed by atoms with Crippen molar-refractivity contribution in [3.63, 3.8) is 0 Å².